The zero-order chi connectivity index (χ0) is 22.0. The molecule has 0 aliphatic carbocycles. The van der Waals surface area contributed by atoms with Gasteiger partial charge in [0.05, 0.1) is 12.7 Å². The quantitative estimate of drug-likeness (QED) is 0.546. The van der Waals surface area contributed by atoms with Crippen LogP contribution in [0.4, 0.5) is 26.3 Å². The van der Waals surface area contributed by atoms with E-state index in [2.05, 4.69) is 0 Å². The molecule has 1 N–H and O–H groups in total. The summed E-state index contributed by atoms with van der Waals surface area (Å²) in [6.45, 7) is -0.923. The topological polar surface area (TPSA) is 72.5 Å². The Bertz CT molecular complexity index is 998. The van der Waals surface area contributed by atoms with Gasteiger partial charge in [-0.25, -0.2) is 13.1 Å². The van der Waals surface area contributed by atoms with Gasteiger partial charge in [-0.05, 0) is 18.2 Å². The van der Waals surface area contributed by atoms with E-state index in [9.17, 15) is 39.6 Å². The first-order chi connectivity index (χ1) is 13.3. The second-order valence-corrected chi connectivity index (χ2v) is 7.42. The highest BCUT2D eigenvalue weighted by Crippen LogP contribution is 2.30. The van der Waals surface area contributed by atoms with Crippen LogP contribution < -0.4 is 9.46 Å². The molecule has 2 aromatic rings. The fraction of sp³-hybridized carbons (Fsp3) is 0.235. The van der Waals surface area contributed by atoms with Gasteiger partial charge in [0.1, 0.15) is 5.75 Å². The van der Waals surface area contributed by atoms with Crippen molar-refractivity contribution in [3.05, 3.63) is 64.7 Å². The number of carbonyl (C=O) groups is 1. The Morgan fingerprint density at radius 2 is 1.59 bits per heavy atom. The van der Waals surface area contributed by atoms with E-state index in [1.54, 1.807) is 0 Å². The number of halogens is 6. The van der Waals surface area contributed by atoms with Gasteiger partial charge < -0.3 is 4.74 Å². The number of alkyl halides is 6. The van der Waals surface area contributed by atoms with Gasteiger partial charge in [0, 0.05) is 23.2 Å². The van der Waals surface area contributed by atoms with Gasteiger partial charge >= 0.3 is 21.7 Å². The fourth-order valence-electron chi connectivity index (χ4n) is 2.37. The first kappa shape index (κ1) is 22.7. The third kappa shape index (κ3) is 5.07. The van der Waals surface area contributed by atoms with Crippen molar-refractivity contribution in [2.24, 2.45) is 0 Å². The molecule has 0 bridgehead atoms. The van der Waals surface area contributed by atoms with E-state index in [-0.39, 0.29) is 22.4 Å². The molecule has 0 spiro atoms. The Labute approximate surface area is 161 Å². The minimum atomic E-state index is -5.69. The third-order valence-electron chi connectivity index (χ3n) is 3.82. The van der Waals surface area contributed by atoms with Crippen LogP contribution in [0.5, 0.6) is 5.75 Å². The molecule has 0 saturated heterocycles. The molecular formula is C17H13F6NO4S. The largest absolute Gasteiger partial charge is 0.511 e. The Morgan fingerprint density at radius 1 is 1.00 bits per heavy atom. The maximum Gasteiger partial charge on any atom is 0.511 e. The lowest BCUT2D eigenvalue weighted by molar-refractivity contribution is -0.137. The molecule has 2 rings (SSSR count). The number of methoxy groups -OCH3 is 1. The van der Waals surface area contributed by atoms with Crippen molar-refractivity contribution in [3.63, 3.8) is 0 Å². The number of ketones is 1. The number of hydrogen-bond acceptors (Lipinski definition) is 4. The Morgan fingerprint density at radius 3 is 2.07 bits per heavy atom. The van der Waals surface area contributed by atoms with E-state index in [0.717, 1.165) is 19.2 Å². The SMILES string of the molecule is COc1cccc(C(=O)c2ccc(C(F)(F)F)cc2)c1CNS(=O)(=O)C(F)(F)F. The number of ether oxygens (including phenoxy) is 1. The highest BCUT2D eigenvalue weighted by atomic mass is 32.2. The molecule has 0 heterocycles. The summed E-state index contributed by atoms with van der Waals surface area (Å²) in [5.41, 5.74) is -7.15. The molecule has 0 aliphatic rings. The van der Waals surface area contributed by atoms with Crippen molar-refractivity contribution < 1.29 is 44.3 Å². The van der Waals surface area contributed by atoms with Gasteiger partial charge in [-0.15, -0.1) is 0 Å². The number of carbonyl (C=O) groups excluding carboxylic acids is 1. The van der Waals surface area contributed by atoms with E-state index in [1.807, 2.05) is 0 Å². The Balaban J connectivity index is 2.42. The highest BCUT2D eigenvalue weighted by Gasteiger charge is 2.45. The average Bonchev–Trinajstić information content (AvgIpc) is 2.64. The summed E-state index contributed by atoms with van der Waals surface area (Å²) < 4.78 is 104. The van der Waals surface area contributed by atoms with Gasteiger partial charge in [-0.2, -0.15) is 26.3 Å². The molecule has 0 amide bonds. The van der Waals surface area contributed by atoms with Crippen LogP contribution >= 0.6 is 0 Å². The molecule has 158 valence electrons. The van der Waals surface area contributed by atoms with Crippen LogP contribution in [0.2, 0.25) is 0 Å². The molecule has 2 aromatic carbocycles. The van der Waals surface area contributed by atoms with E-state index >= 15 is 0 Å². The summed E-state index contributed by atoms with van der Waals surface area (Å²) in [5.74, 6) is -0.897. The lowest BCUT2D eigenvalue weighted by Crippen LogP contribution is -2.36. The number of nitrogens with one attached hydrogen (secondary N) is 1. The van der Waals surface area contributed by atoms with E-state index in [0.29, 0.717) is 12.1 Å². The summed E-state index contributed by atoms with van der Waals surface area (Å²) in [6.07, 6.45) is -4.61. The molecule has 0 aliphatic heterocycles. The summed E-state index contributed by atoms with van der Waals surface area (Å²) >= 11 is 0. The van der Waals surface area contributed by atoms with Crippen molar-refractivity contribution in [2.75, 3.05) is 7.11 Å². The fourth-order valence-corrected chi connectivity index (χ4v) is 2.87. The first-order valence-electron chi connectivity index (χ1n) is 7.71. The van der Waals surface area contributed by atoms with E-state index in [1.165, 1.54) is 22.9 Å². The van der Waals surface area contributed by atoms with Gasteiger partial charge in [0.2, 0.25) is 0 Å². The van der Waals surface area contributed by atoms with Gasteiger partial charge in [-0.3, -0.25) is 4.79 Å². The molecule has 0 radical (unpaired) electrons. The van der Waals surface area contributed by atoms with Crippen molar-refractivity contribution >= 4 is 15.8 Å². The maximum absolute atomic E-state index is 12.7. The highest BCUT2D eigenvalue weighted by molar-refractivity contribution is 7.90. The lowest BCUT2D eigenvalue weighted by atomic mass is 9.97. The van der Waals surface area contributed by atoms with Crippen molar-refractivity contribution in [3.8, 4) is 5.75 Å². The summed E-state index contributed by atoms with van der Waals surface area (Å²) in [6, 6.07) is 7.00. The van der Waals surface area contributed by atoms with E-state index in [4.69, 9.17) is 4.74 Å². The van der Waals surface area contributed by atoms with Crippen LogP contribution in [0.1, 0.15) is 27.0 Å². The monoisotopic (exact) mass is 441 g/mol. The predicted molar refractivity (Wildman–Crippen MR) is 89.7 cm³/mol. The molecule has 0 atom stereocenters. The van der Waals surface area contributed by atoms with E-state index < -0.39 is 39.6 Å². The maximum atomic E-state index is 12.7. The summed E-state index contributed by atoms with van der Waals surface area (Å²) in [7, 11) is -4.54. The van der Waals surface area contributed by atoms with Crippen molar-refractivity contribution in [1.29, 1.82) is 0 Å². The minimum Gasteiger partial charge on any atom is -0.496 e. The second kappa shape index (κ2) is 8.03. The smallest absolute Gasteiger partial charge is 0.496 e. The van der Waals surface area contributed by atoms with Crippen molar-refractivity contribution in [1.82, 2.24) is 4.72 Å². The van der Waals surface area contributed by atoms with Crippen LogP contribution in [0, 0.1) is 0 Å². The third-order valence-corrected chi connectivity index (χ3v) is 4.95. The first-order valence-corrected chi connectivity index (χ1v) is 9.20. The standard InChI is InChI=1S/C17H13F6NO4S/c1-28-14-4-2-3-12(13(14)9-24-29(26,27)17(21,22)23)15(25)10-5-7-11(8-6-10)16(18,19)20/h2-8,24H,9H2,1H3. The Hall–Kier alpha value is -2.60. The van der Waals surface area contributed by atoms with Crippen LogP contribution in [0.15, 0.2) is 42.5 Å². The molecule has 0 unspecified atom stereocenters. The minimum absolute atomic E-state index is 0.0763. The molecule has 0 aromatic heterocycles. The zero-order valence-electron chi connectivity index (χ0n) is 14.6. The van der Waals surface area contributed by atoms with Gasteiger partial charge in [0.15, 0.2) is 5.78 Å². The number of hydrogen-bond donors (Lipinski definition) is 1. The van der Waals surface area contributed by atoms with Gasteiger partial charge in [-0.1, -0.05) is 24.3 Å². The zero-order valence-corrected chi connectivity index (χ0v) is 15.4. The molecule has 29 heavy (non-hydrogen) atoms. The van der Waals surface area contributed by atoms with Crippen molar-refractivity contribution in [2.45, 2.75) is 18.2 Å². The molecular weight excluding hydrogens is 428 g/mol. The number of rotatable bonds is 6. The number of sulfonamides is 1. The summed E-state index contributed by atoms with van der Waals surface area (Å²) in [4.78, 5) is 12.7. The molecule has 5 nitrogen and oxygen atoms in total. The normalized spacial score (nSPS) is 12.7. The Kier molecular flexibility index (Phi) is 6.28. The van der Waals surface area contributed by atoms with Crippen LogP contribution in [0.25, 0.3) is 0 Å². The second-order valence-electron chi connectivity index (χ2n) is 5.66. The van der Waals surface area contributed by atoms with Gasteiger partial charge in [0.25, 0.3) is 0 Å². The van der Waals surface area contributed by atoms with Crippen LogP contribution in [-0.2, 0) is 22.7 Å². The summed E-state index contributed by atoms with van der Waals surface area (Å²) in [5, 5.41) is 0. The number of benzene rings is 2. The van der Waals surface area contributed by atoms with Crippen LogP contribution in [0.3, 0.4) is 0 Å². The average molecular weight is 441 g/mol. The lowest BCUT2D eigenvalue weighted by Gasteiger charge is -2.15. The molecule has 0 saturated carbocycles. The molecule has 0 fully saturated rings. The molecule has 12 heteroatoms. The van der Waals surface area contributed by atoms with Crippen LogP contribution in [-0.4, -0.2) is 26.8 Å². The predicted octanol–water partition coefficient (Wildman–Crippen LogP) is 3.88.